The maximum absolute atomic E-state index is 13.0. The first-order chi connectivity index (χ1) is 8.86. The average molecular weight is 381 g/mol. The monoisotopic (exact) mass is 381 g/mol. The molecule has 0 aliphatic heterocycles. The Morgan fingerprint density at radius 1 is 0.947 bits per heavy atom. The SMILES string of the molecule is Cc1cc(F)ccc1[I+]c1ccc(C(F)(F)F)cc1. The van der Waals surface area contributed by atoms with Crippen LogP contribution < -0.4 is 21.2 Å². The maximum atomic E-state index is 13.0. The molecule has 19 heavy (non-hydrogen) atoms. The summed E-state index contributed by atoms with van der Waals surface area (Å²) in [5.74, 6) is -0.294. The van der Waals surface area contributed by atoms with Crippen molar-refractivity contribution in [2.45, 2.75) is 13.1 Å². The van der Waals surface area contributed by atoms with E-state index in [1.807, 2.05) is 6.92 Å². The van der Waals surface area contributed by atoms with Gasteiger partial charge in [0.1, 0.15) is 5.82 Å². The van der Waals surface area contributed by atoms with Gasteiger partial charge in [0.05, 0.1) is 5.56 Å². The Hall–Kier alpha value is -1.11. The van der Waals surface area contributed by atoms with Gasteiger partial charge in [0, 0.05) is 5.56 Å². The van der Waals surface area contributed by atoms with Crippen molar-refractivity contribution in [3.63, 3.8) is 0 Å². The third-order valence-corrected chi connectivity index (χ3v) is 5.64. The van der Waals surface area contributed by atoms with Crippen LogP contribution in [0, 0.1) is 19.9 Å². The number of halogens is 5. The highest BCUT2D eigenvalue weighted by Crippen LogP contribution is 2.28. The van der Waals surface area contributed by atoms with Crippen LogP contribution in [0.3, 0.4) is 0 Å². The van der Waals surface area contributed by atoms with Gasteiger partial charge >= 0.3 is 27.4 Å². The van der Waals surface area contributed by atoms with E-state index >= 15 is 0 Å². The lowest BCUT2D eigenvalue weighted by Gasteiger charge is -2.04. The van der Waals surface area contributed by atoms with Crippen LogP contribution in [0.15, 0.2) is 42.5 Å². The van der Waals surface area contributed by atoms with Crippen LogP contribution in [0.25, 0.3) is 0 Å². The summed E-state index contributed by atoms with van der Waals surface area (Å²) in [4.78, 5) is 0. The number of aryl methyl sites for hydroxylation is 1. The first-order valence-corrected chi connectivity index (χ1v) is 7.60. The van der Waals surface area contributed by atoms with Crippen LogP contribution >= 0.6 is 0 Å². The Morgan fingerprint density at radius 3 is 2.11 bits per heavy atom. The Balaban J connectivity index is 2.20. The van der Waals surface area contributed by atoms with E-state index in [0.717, 1.165) is 24.8 Å². The van der Waals surface area contributed by atoms with Crippen LogP contribution in [-0.2, 0) is 6.18 Å². The predicted molar refractivity (Wildman–Crippen MR) is 60.0 cm³/mol. The standard InChI is InChI=1S/C14H10F4I/c1-9-8-11(15)4-7-13(9)19-12-5-2-10(3-6-12)14(16,17)18/h2-8H,1H3/q+1. The van der Waals surface area contributed by atoms with Crippen molar-refractivity contribution in [2.24, 2.45) is 0 Å². The zero-order valence-electron chi connectivity index (χ0n) is 9.93. The van der Waals surface area contributed by atoms with E-state index in [1.54, 1.807) is 6.07 Å². The number of hydrogen-bond acceptors (Lipinski definition) is 0. The maximum Gasteiger partial charge on any atom is 0.416 e. The van der Waals surface area contributed by atoms with Gasteiger partial charge in [0.2, 0.25) is 0 Å². The number of alkyl halides is 3. The molecule has 0 amide bonds. The average Bonchev–Trinajstić information content (AvgIpc) is 2.32. The minimum atomic E-state index is -4.30. The molecule has 0 bridgehead atoms. The lowest BCUT2D eigenvalue weighted by molar-refractivity contribution is -0.598. The van der Waals surface area contributed by atoms with Crippen LogP contribution in [0.4, 0.5) is 17.6 Å². The summed E-state index contributed by atoms with van der Waals surface area (Å²) in [7, 11) is 0. The van der Waals surface area contributed by atoms with Gasteiger partial charge in [0.15, 0.2) is 7.14 Å². The van der Waals surface area contributed by atoms with Crippen molar-refractivity contribution in [3.8, 4) is 0 Å². The normalized spacial score (nSPS) is 11.6. The highest BCUT2D eigenvalue weighted by Gasteiger charge is 2.31. The molecule has 0 N–H and O–H groups in total. The summed E-state index contributed by atoms with van der Waals surface area (Å²) >= 11 is -0.589. The molecule has 0 fully saturated rings. The third-order valence-electron chi connectivity index (χ3n) is 2.50. The van der Waals surface area contributed by atoms with Crippen molar-refractivity contribution in [1.29, 1.82) is 0 Å². The van der Waals surface area contributed by atoms with E-state index in [1.165, 1.54) is 24.3 Å². The smallest absolute Gasteiger partial charge is 0.207 e. The Morgan fingerprint density at radius 2 is 1.58 bits per heavy atom. The van der Waals surface area contributed by atoms with E-state index in [2.05, 4.69) is 0 Å². The van der Waals surface area contributed by atoms with Crippen molar-refractivity contribution in [1.82, 2.24) is 0 Å². The van der Waals surface area contributed by atoms with Crippen LogP contribution in [0.5, 0.6) is 0 Å². The topological polar surface area (TPSA) is 0 Å². The number of benzene rings is 2. The Bertz CT molecular complexity index is 573. The second kappa shape index (κ2) is 5.48. The first-order valence-electron chi connectivity index (χ1n) is 5.44. The van der Waals surface area contributed by atoms with E-state index in [0.29, 0.717) is 0 Å². The Labute approximate surface area is 118 Å². The molecule has 2 rings (SSSR count). The van der Waals surface area contributed by atoms with Gasteiger partial charge in [0.25, 0.3) is 0 Å². The number of rotatable bonds is 2. The van der Waals surface area contributed by atoms with Crippen LogP contribution in [0.2, 0.25) is 0 Å². The highest BCUT2D eigenvalue weighted by molar-refractivity contribution is 5.18. The molecule has 0 radical (unpaired) electrons. The Kier molecular flexibility index (Phi) is 4.13. The zero-order valence-corrected chi connectivity index (χ0v) is 12.1. The summed E-state index contributed by atoms with van der Waals surface area (Å²) in [6.07, 6.45) is -4.30. The fourth-order valence-corrected chi connectivity index (χ4v) is 3.86. The summed E-state index contributed by atoms with van der Waals surface area (Å²) in [6, 6.07) is 9.71. The molecule has 2 aromatic carbocycles. The molecule has 0 saturated carbocycles. The van der Waals surface area contributed by atoms with Gasteiger partial charge in [-0.15, -0.1) is 0 Å². The van der Waals surface area contributed by atoms with Crippen LogP contribution in [0.1, 0.15) is 11.1 Å². The molecule has 0 saturated heterocycles. The molecule has 0 atom stereocenters. The zero-order chi connectivity index (χ0) is 14.0. The number of hydrogen-bond donors (Lipinski definition) is 0. The lowest BCUT2D eigenvalue weighted by atomic mass is 10.2. The summed E-state index contributed by atoms with van der Waals surface area (Å²) in [5, 5.41) is 0. The summed E-state index contributed by atoms with van der Waals surface area (Å²) < 4.78 is 52.1. The van der Waals surface area contributed by atoms with E-state index in [-0.39, 0.29) is 5.82 Å². The molecule has 0 aliphatic rings. The third kappa shape index (κ3) is 3.68. The lowest BCUT2D eigenvalue weighted by Crippen LogP contribution is -3.61. The minimum absolute atomic E-state index is 0.294. The van der Waals surface area contributed by atoms with Gasteiger partial charge in [-0.05, 0) is 49.4 Å². The summed E-state index contributed by atoms with van der Waals surface area (Å²) in [6.45, 7) is 1.81. The van der Waals surface area contributed by atoms with Crippen molar-refractivity contribution in [2.75, 3.05) is 0 Å². The quantitative estimate of drug-likeness (QED) is 0.544. The predicted octanol–water partition coefficient (Wildman–Crippen LogP) is 1.28. The molecule has 0 heterocycles. The van der Waals surface area contributed by atoms with Crippen molar-refractivity contribution in [3.05, 3.63) is 66.5 Å². The minimum Gasteiger partial charge on any atom is -0.207 e. The highest BCUT2D eigenvalue weighted by atomic mass is 127. The molecule has 2 aromatic rings. The molecule has 0 nitrogen and oxygen atoms in total. The molecule has 0 aliphatic carbocycles. The van der Waals surface area contributed by atoms with Gasteiger partial charge in [-0.3, -0.25) is 0 Å². The molecule has 0 unspecified atom stereocenters. The van der Waals surface area contributed by atoms with Crippen molar-refractivity contribution < 1.29 is 38.8 Å². The van der Waals surface area contributed by atoms with Crippen molar-refractivity contribution >= 4 is 0 Å². The van der Waals surface area contributed by atoms with Gasteiger partial charge in [-0.2, -0.15) is 13.2 Å². The molecular weight excluding hydrogens is 371 g/mol. The molecule has 5 heteroatoms. The molecule has 0 aromatic heterocycles. The van der Waals surface area contributed by atoms with E-state index in [4.69, 9.17) is 0 Å². The van der Waals surface area contributed by atoms with Gasteiger partial charge in [-0.25, -0.2) is 4.39 Å². The molecule has 0 spiro atoms. The summed E-state index contributed by atoms with van der Waals surface area (Å²) in [5.41, 5.74) is 0.198. The van der Waals surface area contributed by atoms with Gasteiger partial charge < -0.3 is 0 Å². The van der Waals surface area contributed by atoms with E-state index < -0.39 is 32.9 Å². The fraction of sp³-hybridized carbons (Fsp3) is 0.143. The first kappa shape index (κ1) is 14.3. The second-order valence-corrected chi connectivity index (χ2v) is 6.94. The van der Waals surface area contributed by atoms with E-state index in [9.17, 15) is 17.6 Å². The second-order valence-electron chi connectivity index (χ2n) is 3.99. The molecule has 100 valence electrons. The van der Waals surface area contributed by atoms with Crippen LogP contribution in [-0.4, -0.2) is 0 Å². The fourth-order valence-electron chi connectivity index (χ4n) is 1.53. The molecular formula is C14H10F4I+. The van der Waals surface area contributed by atoms with Gasteiger partial charge in [-0.1, -0.05) is 0 Å². The largest absolute Gasteiger partial charge is 0.416 e.